The molecule has 6 nitrogen and oxygen atoms in total. The fourth-order valence-corrected chi connectivity index (χ4v) is 4.25. The molecular weight excluding hydrogens is 306 g/mol. The number of piperidine rings is 1. The predicted molar refractivity (Wildman–Crippen MR) is 88.3 cm³/mol. The fourth-order valence-electron chi connectivity index (χ4n) is 4.25. The van der Waals surface area contributed by atoms with Crippen LogP contribution in [0.4, 0.5) is 0 Å². The van der Waals surface area contributed by atoms with E-state index < -0.39 is 0 Å². The van der Waals surface area contributed by atoms with Gasteiger partial charge in [0.2, 0.25) is 11.8 Å². The molecule has 1 aliphatic heterocycles. The Labute approximate surface area is 143 Å². The summed E-state index contributed by atoms with van der Waals surface area (Å²) in [6.45, 7) is 9.20. The molecule has 2 atom stereocenters. The Morgan fingerprint density at radius 3 is 2.46 bits per heavy atom. The number of aryl methyl sites for hydroxylation is 1. The van der Waals surface area contributed by atoms with Gasteiger partial charge in [0.1, 0.15) is 5.78 Å². The minimum absolute atomic E-state index is 0.0545. The summed E-state index contributed by atoms with van der Waals surface area (Å²) < 4.78 is 5.26. The standard InChI is InChI=1S/C18H27N3O3/c1-11(22)15-9-14(18(15,3)4)10-16(23)21-7-5-13(6-8-21)17-19-12(2)20-24-17/h13-15H,5-10H2,1-4H3/t14-,15+/m1/s1. The Bertz CT molecular complexity index is 629. The largest absolute Gasteiger partial charge is 0.343 e. The highest BCUT2D eigenvalue weighted by Gasteiger charge is 2.50. The van der Waals surface area contributed by atoms with Crippen molar-refractivity contribution in [2.24, 2.45) is 17.3 Å². The van der Waals surface area contributed by atoms with Gasteiger partial charge in [0, 0.05) is 31.3 Å². The molecule has 2 heterocycles. The number of likely N-dealkylation sites (tertiary alicyclic amines) is 1. The molecule has 0 spiro atoms. The first-order valence-corrected chi connectivity index (χ1v) is 8.87. The third-order valence-corrected chi connectivity index (χ3v) is 6.12. The van der Waals surface area contributed by atoms with Crippen molar-refractivity contribution in [2.75, 3.05) is 13.1 Å². The van der Waals surface area contributed by atoms with Crippen LogP contribution in [-0.2, 0) is 9.59 Å². The van der Waals surface area contributed by atoms with Gasteiger partial charge >= 0.3 is 0 Å². The van der Waals surface area contributed by atoms with Gasteiger partial charge in [0.25, 0.3) is 0 Å². The minimum atomic E-state index is -0.0545. The molecule has 0 radical (unpaired) electrons. The number of amides is 1. The van der Waals surface area contributed by atoms with Crippen LogP contribution in [0.5, 0.6) is 0 Å². The lowest BCUT2D eigenvalue weighted by atomic mass is 9.52. The Morgan fingerprint density at radius 1 is 1.29 bits per heavy atom. The third kappa shape index (κ3) is 3.10. The maximum atomic E-state index is 12.6. The molecule has 1 amide bonds. The zero-order valence-corrected chi connectivity index (χ0v) is 15.0. The van der Waals surface area contributed by atoms with Crippen molar-refractivity contribution in [1.82, 2.24) is 15.0 Å². The van der Waals surface area contributed by atoms with E-state index in [0.717, 1.165) is 32.4 Å². The van der Waals surface area contributed by atoms with Crippen LogP contribution in [-0.4, -0.2) is 39.8 Å². The highest BCUT2D eigenvalue weighted by molar-refractivity contribution is 5.81. The molecule has 2 aliphatic rings. The van der Waals surface area contributed by atoms with E-state index in [-0.39, 0.29) is 28.9 Å². The molecule has 1 saturated heterocycles. The van der Waals surface area contributed by atoms with E-state index in [1.807, 2.05) is 11.8 Å². The number of aromatic nitrogens is 2. The predicted octanol–water partition coefficient (Wildman–Crippen LogP) is 2.73. The topological polar surface area (TPSA) is 76.3 Å². The van der Waals surface area contributed by atoms with Crippen molar-refractivity contribution < 1.29 is 14.1 Å². The lowest BCUT2D eigenvalue weighted by Gasteiger charge is -2.51. The molecule has 0 bridgehead atoms. The number of carbonyl (C=O) groups is 2. The zero-order valence-electron chi connectivity index (χ0n) is 15.0. The van der Waals surface area contributed by atoms with Crippen LogP contribution in [0.2, 0.25) is 0 Å². The second-order valence-electron chi connectivity index (χ2n) is 7.96. The maximum absolute atomic E-state index is 12.6. The van der Waals surface area contributed by atoms with E-state index in [1.54, 1.807) is 6.92 Å². The first-order valence-electron chi connectivity index (χ1n) is 8.87. The molecule has 1 aromatic heterocycles. The van der Waals surface area contributed by atoms with Crippen molar-refractivity contribution in [3.63, 3.8) is 0 Å². The zero-order chi connectivity index (χ0) is 17.5. The van der Waals surface area contributed by atoms with Gasteiger partial charge in [0.05, 0.1) is 0 Å². The summed E-state index contributed by atoms with van der Waals surface area (Å²) >= 11 is 0. The number of rotatable bonds is 4. The molecule has 6 heteroatoms. The van der Waals surface area contributed by atoms with Crippen LogP contribution in [0, 0.1) is 24.2 Å². The Balaban J connectivity index is 1.50. The average molecular weight is 333 g/mol. The number of ketones is 1. The van der Waals surface area contributed by atoms with E-state index in [1.165, 1.54) is 0 Å². The van der Waals surface area contributed by atoms with Crippen molar-refractivity contribution in [2.45, 2.75) is 59.3 Å². The third-order valence-electron chi connectivity index (χ3n) is 6.12. The molecule has 24 heavy (non-hydrogen) atoms. The monoisotopic (exact) mass is 333 g/mol. The normalized spacial score (nSPS) is 26.9. The van der Waals surface area contributed by atoms with E-state index in [4.69, 9.17) is 4.52 Å². The fraction of sp³-hybridized carbons (Fsp3) is 0.778. The summed E-state index contributed by atoms with van der Waals surface area (Å²) in [6, 6.07) is 0. The van der Waals surface area contributed by atoms with Gasteiger partial charge in [0.15, 0.2) is 5.82 Å². The van der Waals surface area contributed by atoms with Gasteiger partial charge in [-0.1, -0.05) is 19.0 Å². The molecular formula is C18H27N3O3. The van der Waals surface area contributed by atoms with Crippen LogP contribution in [0.1, 0.15) is 64.1 Å². The highest BCUT2D eigenvalue weighted by Crippen LogP contribution is 2.53. The molecule has 0 unspecified atom stereocenters. The van der Waals surface area contributed by atoms with Gasteiger partial charge in [-0.2, -0.15) is 4.98 Å². The van der Waals surface area contributed by atoms with Crippen LogP contribution < -0.4 is 0 Å². The molecule has 2 fully saturated rings. The first-order chi connectivity index (χ1) is 11.3. The SMILES string of the molecule is CC(=O)[C@@H]1C[C@H](CC(=O)N2CCC(c3nc(C)no3)CC2)C1(C)C. The average Bonchev–Trinajstić information content (AvgIpc) is 2.97. The molecule has 1 aliphatic carbocycles. The number of hydrogen-bond donors (Lipinski definition) is 0. The van der Waals surface area contributed by atoms with Crippen molar-refractivity contribution in [3.05, 3.63) is 11.7 Å². The molecule has 1 saturated carbocycles. The highest BCUT2D eigenvalue weighted by atomic mass is 16.5. The van der Waals surface area contributed by atoms with Crippen molar-refractivity contribution >= 4 is 11.7 Å². The van der Waals surface area contributed by atoms with Gasteiger partial charge in [-0.3, -0.25) is 9.59 Å². The summed E-state index contributed by atoms with van der Waals surface area (Å²) in [5.74, 6) is 2.52. The summed E-state index contributed by atoms with van der Waals surface area (Å²) in [4.78, 5) is 30.5. The molecule has 132 valence electrons. The van der Waals surface area contributed by atoms with E-state index in [0.29, 0.717) is 24.1 Å². The number of hydrogen-bond acceptors (Lipinski definition) is 5. The first kappa shape index (κ1) is 17.1. The Morgan fingerprint density at radius 2 is 1.96 bits per heavy atom. The summed E-state index contributed by atoms with van der Waals surface area (Å²) in [5, 5.41) is 3.85. The van der Waals surface area contributed by atoms with E-state index in [9.17, 15) is 9.59 Å². The molecule has 0 N–H and O–H groups in total. The second-order valence-corrected chi connectivity index (χ2v) is 7.96. The lowest BCUT2D eigenvalue weighted by molar-refractivity contribution is -0.145. The summed E-state index contributed by atoms with van der Waals surface area (Å²) in [7, 11) is 0. The maximum Gasteiger partial charge on any atom is 0.229 e. The molecule has 0 aromatic carbocycles. The minimum Gasteiger partial charge on any atom is -0.343 e. The van der Waals surface area contributed by atoms with Crippen molar-refractivity contribution in [3.8, 4) is 0 Å². The number of nitrogens with zero attached hydrogens (tertiary/aromatic N) is 3. The van der Waals surface area contributed by atoms with E-state index >= 15 is 0 Å². The molecule has 3 rings (SSSR count). The molecule has 1 aromatic rings. The second kappa shape index (κ2) is 6.30. The van der Waals surface area contributed by atoms with Gasteiger partial charge in [-0.25, -0.2) is 0 Å². The van der Waals surface area contributed by atoms with Gasteiger partial charge in [-0.05, 0) is 44.4 Å². The summed E-state index contributed by atoms with van der Waals surface area (Å²) in [6.07, 6.45) is 3.15. The van der Waals surface area contributed by atoms with Gasteiger partial charge < -0.3 is 9.42 Å². The lowest BCUT2D eigenvalue weighted by Crippen LogP contribution is -2.50. The Hall–Kier alpha value is -1.72. The van der Waals surface area contributed by atoms with Gasteiger partial charge in [-0.15, -0.1) is 0 Å². The quantitative estimate of drug-likeness (QED) is 0.847. The number of Topliss-reactive ketones (excluding diaryl/α,β-unsaturated/α-hetero) is 1. The summed E-state index contributed by atoms with van der Waals surface area (Å²) in [5.41, 5.74) is -0.0545. The van der Waals surface area contributed by atoms with E-state index in [2.05, 4.69) is 24.0 Å². The smallest absolute Gasteiger partial charge is 0.229 e. The van der Waals surface area contributed by atoms with Crippen LogP contribution in [0.3, 0.4) is 0 Å². The van der Waals surface area contributed by atoms with Crippen LogP contribution >= 0.6 is 0 Å². The van der Waals surface area contributed by atoms with Crippen LogP contribution in [0.15, 0.2) is 4.52 Å². The van der Waals surface area contributed by atoms with Crippen molar-refractivity contribution in [1.29, 1.82) is 0 Å². The number of carbonyl (C=O) groups excluding carboxylic acids is 2. The van der Waals surface area contributed by atoms with Crippen LogP contribution in [0.25, 0.3) is 0 Å². The Kier molecular flexibility index (Phi) is 4.49.